The van der Waals surface area contributed by atoms with E-state index in [1.807, 2.05) is 32.9 Å². The minimum absolute atomic E-state index is 0.0183. The van der Waals surface area contributed by atoms with Crippen molar-refractivity contribution in [3.63, 3.8) is 0 Å². The van der Waals surface area contributed by atoms with E-state index >= 15 is 0 Å². The molecule has 2 aromatic heterocycles. The van der Waals surface area contributed by atoms with Crippen molar-refractivity contribution < 1.29 is 19.4 Å². The van der Waals surface area contributed by atoms with Crippen molar-refractivity contribution in [1.29, 1.82) is 0 Å². The molecule has 1 aromatic carbocycles. The molecule has 9 nitrogen and oxygen atoms in total. The predicted molar refractivity (Wildman–Crippen MR) is 132 cm³/mol. The van der Waals surface area contributed by atoms with Gasteiger partial charge in [-0.1, -0.05) is 20.8 Å². The molecule has 0 aliphatic heterocycles. The highest BCUT2D eigenvalue weighted by Gasteiger charge is 2.24. The number of aliphatic hydroxyl groups excluding tert-OH is 1. The zero-order chi connectivity index (χ0) is 25.3. The first kappa shape index (κ1) is 24.9. The second-order valence-electron chi connectivity index (χ2n) is 10.0. The molecular formula is C26H35N5O4. The molecule has 0 unspecified atom stereocenters. The van der Waals surface area contributed by atoms with Crippen molar-refractivity contribution in [2.75, 3.05) is 19.8 Å². The van der Waals surface area contributed by atoms with Crippen LogP contribution < -0.4 is 15.1 Å². The lowest BCUT2D eigenvalue weighted by atomic mass is 9.85. The van der Waals surface area contributed by atoms with Crippen LogP contribution in [0.25, 0.3) is 5.65 Å². The monoisotopic (exact) mass is 481 g/mol. The van der Waals surface area contributed by atoms with E-state index < -0.39 is 0 Å². The molecular weight excluding hydrogens is 446 g/mol. The third-order valence-electron chi connectivity index (χ3n) is 6.12. The molecule has 1 fully saturated rings. The van der Waals surface area contributed by atoms with Crippen LogP contribution in [0.4, 0.5) is 0 Å². The molecule has 0 spiro atoms. The molecule has 3 aromatic rings. The van der Waals surface area contributed by atoms with Crippen LogP contribution in [-0.2, 0) is 12.0 Å². The van der Waals surface area contributed by atoms with Crippen LogP contribution in [0.2, 0.25) is 0 Å². The molecule has 0 bridgehead atoms. The van der Waals surface area contributed by atoms with Gasteiger partial charge in [-0.25, -0.2) is 9.67 Å². The van der Waals surface area contributed by atoms with Gasteiger partial charge in [-0.15, -0.1) is 10.2 Å². The van der Waals surface area contributed by atoms with Crippen molar-refractivity contribution in [3.8, 4) is 11.6 Å². The van der Waals surface area contributed by atoms with Crippen LogP contribution in [0.5, 0.6) is 11.6 Å². The minimum atomic E-state index is -0.176. The summed E-state index contributed by atoms with van der Waals surface area (Å²) in [6.45, 7) is 12.7. The fourth-order valence-electron chi connectivity index (χ4n) is 3.76. The van der Waals surface area contributed by atoms with Gasteiger partial charge in [0.2, 0.25) is 11.5 Å². The van der Waals surface area contributed by atoms with E-state index in [0.717, 1.165) is 29.5 Å². The van der Waals surface area contributed by atoms with E-state index in [9.17, 15) is 9.90 Å². The second-order valence-corrected chi connectivity index (χ2v) is 10.0. The Hall–Kier alpha value is -3.20. The van der Waals surface area contributed by atoms with Gasteiger partial charge in [0, 0.05) is 16.7 Å². The Morgan fingerprint density at radius 2 is 1.89 bits per heavy atom. The number of aryl methyl sites for hydroxylation is 1. The van der Waals surface area contributed by atoms with Crippen molar-refractivity contribution in [1.82, 2.24) is 19.4 Å². The molecule has 0 saturated heterocycles. The average molecular weight is 482 g/mol. The zero-order valence-corrected chi connectivity index (χ0v) is 21.5. The van der Waals surface area contributed by atoms with Crippen LogP contribution in [0, 0.1) is 13.8 Å². The fraction of sp³-hybridized carbons (Fsp3) is 0.538. The number of benzene rings is 1. The van der Waals surface area contributed by atoms with Crippen molar-refractivity contribution in [3.05, 3.63) is 46.1 Å². The van der Waals surface area contributed by atoms with Crippen molar-refractivity contribution in [2.45, 2.75) is 72.4 Å². The minimum Gasteiger partial charge on any atom is -0.491 e. The Morgan fingerprint density at radius 3 is 2.51 bits per heavy atom. The van der Waals surface area contributed by atoms with E-state index in [-0.39, 0.29) is 37.0 Å². The molecule has 2 heterocycles. The number of fused-ring (bicyclic) bond motifs is 1. The molecule has 1 aliphatic carbocycles. The number of aliphatic hydroxyl groups is 1. The van der Waals surface area contributed by atoms with E-state index in [4.69, 9.17) is 19.6 Å². The molecule has 9 heteroatoms. The van der Waals surface area contributed by atoms with E-state index in [2.05, 4.69) is 25.9 Å². The lowest BCUT2D eigenvalue weighted by Crippen LogP contribution is -2.28. The molecule has 1 N–H and O–H groups in total. The van der Waals surface area contributed by atoms with Gasteiger partial charge in [-0.05, 0) is 62.8 Å². The number of Topliss-reactive ketones (excluding diaryl/α,β-unsaturated/α-hetero) is 1. The fourth-order valence-corrected chi connectivity index (χ4v) is 3.76. The standard InChI is InChI=1S/C26H35N5O4/c1-7-34-24-17(3)16(2)23-28-30(25(31(23)29-24)27-20-8-9-20)15-22(33)18-12-19(26(4,5)6)14-21(13-18)35-11-10-32/h12-14,20,32H,7-11,15H2,1-6H3/b27-25+. The molecule has 4 rings (SSSR count). The normalized spacial score (nSPS) is 14.5. The third-order valence-corrected chi connectivity index (χ3v) is 6.12. The number of aromatic nitrogens is 4. The average Bonchev–Trinajstić information content (AvgIpc) is 3.57. The number of hydrogen-bond acceptors (Lipinski definition) is 7. The van der Waals surface area contributed by atoms with Crippen LogP contribution in [-0.4, -0.2) is 56.1 Å². The number of carbonyl (C=O) groups is 1. The first-order chi connectivity index (χ1) is 16.6. The van der Waals surface area contributed by atoms with Crippen LogP contribution in [0.3, 0.4) is 0 Å². The Morgan fingerprint density at radius 1 is 1.14 bits per heavy atom. The summed E-state index contributed by atoms with van der Waals surface area (Å²) in [6.07, 6.45) is 2.03. The largest absolute Gasteiger partial charge is 0.491 e. The highest BCUT2D eigenvalue weighted by atomic mass is 16.5. The van der Waals surface area contributed by atoms with Crippen LogP contribution in [0.15, 0.2) is 23.2 Å². The SMILES string of the molecule is CCOc1nn2/c(=N/C3CC3)n(CC(=O)c3cc(OCCO)cc(C(C)(C)C)c3)nc2c(C)c1C. The number of rotatable bonds is 9. The van der Waals surface area contributed by atoms with Crippen molar-refractivity contribution >= 4 is 11.4 Å². The predicted octanol–water partition coefficient (Wildman–Crippen LogP) is 3.16. The molecule has 35 heavy (non-hydrogen) atoms. The summed E-state index contributed by atoms with van der Waals surface area (Å²) < 4.78 is 14.7. The van der Waals surface area contributed by atoms with Gasteiger partial charge in [0.05, 0.1) is 19.3 Å². The van der Waals surface area contributed by atoms with E-state index in [1.165, 1.54) is 0 Å². The van der Waals surface area contributed by atoms with Crippen LogP contribution >= 0.6 is 0 Å². The van der Waals surface area contributed by atoms with Crippen LogP contribution in [0.1, 0.15) is 67.6 Å². The third kappa shape index (κ3) is 5.40. The Balaban J connectivity index is 1.78. The first-order valence-electron chi connectivity index (χ1n) is 12.2. The number of carbonyl (C=O) groups excluding carboxylic acids is 1. The maximum absolute atomic E-state index is 13.5. The summed E-state index contributed by atoms with van der Waals surface area (Å²) in [6, 6.07) is 5.77. The molecule has 1 aliphatic rings. The molecule has 188 valence electrons. The van der Waals surface area contributed by atoms with Gasteiger partial charge < -0.3 is 14.6 Å². The summed E-state index contributed by atoms with van der Waals surface area (Å²) in [5.41, 5.74) is 4.40. The summed E-state index contributed by atoms with van der Waals surface area (Å²) in [5.74, 6) is 1.00. The Labute approximate surface area is 205 Å². The van der Waals surface area contributed by atoms with Gasteiger partial charge in [-0.2, -0.15) is 4.52 Å². The maximum Gasteiger partial charge on any atom is 0.245 e. The molecule has 1 saturated carbocycles. The topological polar surface area (TPSA) is 103 Å². The first-order valence-corrected chi connectivity index (χ1v) is 12.2. The van der Waals surface area contributed by atoms with Gasteiger partial charge in [-0.3, -0.25) is 4.79 Å². The maximum atomic E-state index is 13.5. The lowest BCUT2D eigenvalue weighted by Gasteiger charge is -2.21. The van der Waals surface area contributed by atoms with Crippen molar-refractivity contribution in [2.24, 2.45) is 4.99 Å². The number of hydrogen-bond donors (Lipinski definition) is 1. The molecule has 0 atom stereocenters. The second kappa shape index (κ2) is 9.81. The molecule has 0 amide bonds. The van der Waals surface area contributed by atoms with E-state index in [1.54, 1.807) is 15.3 Å². The summed E-state index contributed by atoms with van der Waals surface area (Å²) in [7, 11) is 0. The number of nitrogens with zero attached hydrogens (tertiary/aromatic N) is 5. The van der Waals surface area contributed by atoms with Gasteiger partial charge >= 0.3 is 0 Å². The summed E-state index contributed by atoms with van der Waals surface area (Å²) in [5, 5.41) is 18.6. The van der Waals surface area contributed by atoms with E-state index in [0.29, 0.717) is 35.1 Å². The summed E-state index contributed by atoms with van der Waals surface area (Å²) in [4.78, 5) is 18.3. The lowest BCUT2D eigenvalue weighted by molar-refractivity contribution is 0.0965. The smallest absolute Gasteiger partial charge is 0.245 e. The molecule has 0 radical (unpaired) electrons. The number of ether oxygens (including phenoxy) is 2. The highest BCUT2D eigenvalue weighted by Crippen LogP contribution is 2.28. The Kier molecular flexibility index (Phi) is 6.98. The zero-order valence-electron chi connectivity index (χ0n) is 21.5. The van der Waals surface area contributed by atoms with Gasteiger partial charge in [0.1, 0.15) is 18.9 Å². The van der Waals surface area contributed by atoms with Gasteiger partial charge in [0.15, 0.2) is 11.4 Å². The number of ketones is 1. The Bertz CT molecular complexity index is 1310. The summed E-state index contributed by atoms with van der Waals surface area (Å²) >= 11 is 0. The van der Waals surface area contributed by atoms with Gasteiger partial charge in [0.25, 0.3) is 0 Å². The highest BCUT2D eigenvalue weighted by molar-refractivity contribution is 5.96. The quantitative estimate of drug-likeness (QED) is 0.471.